The number of carbonyl (C=O) groups is 1. The standard InChI is InChI=1S/C16H26N2O2/c1-6-16(4,5)12-7-9-13(10-8-12)20-14(11(2)3)15(19)18-17/h7-11,14H,6,17H2,1-5H3,(H,18,19). The van der Waals surface area contributed by atoms with Crippen LogP contribution in [0.1, 0.15) is 46.6 Å². The lowest BCUT2D eigenvalue weighted by molar-refractivity contribution is -0.129. The average Bonchev–Trinajstić information content (AvgIpc) is 2.44. The lowest BCUT2D eigenvalue weighted by atomic mass is 9.82. The van der Waals surface area contributed by atoms with E-state index in [-0.39, 0.29) is 17.2 Å². The summed E-state index contributed by atoms with van der Waals surface area (Å²) in [5.41, 5.74) is 3.55. The van der Waals surface area contributed by atoms with Crippen LogP contribution in [-0.4, -0.2) is 12.0 Å². The van der Waals surface area contributed by atoms with Gasteiger partial charge in [-0.15, -0.1) is 0 Å². The smallest absolute Gasteiger partial charge is 0.275 e. The number of hydrogen-bond donors (Lipinski definition) is 2. The van der Waals surface area contributed by atoms with Gasteiger partial charge in [-0.05, 0) is 35.4 Å². The molecule has 1 atom stereocenters. The Balaban J connectivity index is 2.86. The molecule has 4 nitrogen and oxygen atoms in total. The largest absolute Gasteiger partial charge is 0.480 e. The summed E-state index contributed by atoms with van der Waals surface area (Å²) in [6, 6.07) is 7.92. The predicted octanol–water partition coefficient (Wildman–Crippen LogP) is 2.77. The topological polar surface area (TPSA) is 64.3 Å². The van der Waals surface area contributed by atoms with Gasteiger partial charge in [0, 0.05) is 0 Å². The van der Waals surface area contributed by atoms with Crippen LogP contribution in [0, 0.1) is 5.92 Å². The highest BCUT2D eigenvalue weighted by Gasteiger charge is 2.24. The summed E-state index contributed by atoms with van der Waals surface area (Å²) in [5, 5.41) is 0. The van der Waals surface area contributed by atoms with E-state index >= 15 is 0 Å². The molecule has 1 unspecified atom stereocenters. The summed E-state index contributed by atoms with van der Waals surface area (Å²) in [6.07, 6.45) is 0.488. The van der Waals surface area contributed by atoms with E-state index < -0.39 is 6.10 Å². The van der Waals surface area contributed by atoms with Crippen LogP contribution in [0.25, 0.3) is 0 Å². The summed E-state index contributed by atoms with van der Waals surface area (Å²) < 4.78 is 5.74. The second kappa shape index (κ2) is 6.75. The number of nitrogens with one attached hydrogen (secondary N) is 1. The molecule has 1 amide bonds. The van der Waals surface area contributed by atoms with Crippen LogP contribution in [0.5, 0.6) is 5.75 Å². The number of carbonyl (C=O) groups excluding carboxylic acids is 1. The zero-order valence-corrected chi connectivity index (χ0v) is 13.1. The molecule has 20 heavy (non-hydrogen) atoms. The van der Waals surface area contributed by atoms with Gasteiger partial charge < -0.3 is 4.74 Å². The molecular formula is C16H26N2O2. The number of hydrazine groups is 1. The molecule has 0 aromatic heterocycles. The summed E-state index contributed by atoms with van der Waals surface area (Å²) in [7, 11) is 0. The average molecular weight is 278 g/mol. The molecule has 1 aromatic carbocycles. The van der Waals surface area contributed by atoms with Crippen molar-refractivity contribution in [2.75, 3.05) is 0 Å². The third-order valence-corrected chi connectivity index (χ3v) is 3.79. The maximum Gasteiger partial charge on any atom is 0.275 e. The molecule has 0 saturated heterocycles. The van der Waals surface area contributed by atoms with Gasteiger partial charge in [-0.1, -0.05) is 46.8 Å². The van der Waals surface area contributed by atoms with Gasteiger partial charge in [-0.2, -0.15) is 0 Å². The van der Waals surface area contributed by atoms with Crippen LogP contribution in [0.3, 0.4) is 0 Å². The monoisotopic (exact) mass is 278 g/mol. The van der Waals surface area contributed by atoms with E-state index in [1.807, 2.05) is 26.0 Å². The Kier molecular flexibility index (Phi) is 5.57. The molecule has 0 heterocycles. The molecule has 112 valence electrons. The minimum Gasteiger partial charge on any atom is -0.480 e. The number of benzene rings is 1. The fourth-order valence-electron chi connectivity index (χ4n) is 1.91. The molecule has 0 radical (unpaired) electrons. The first-order chi connectivity index (χ1) is 9.31. The van der Waals surface area contributed by atoms with Gasteiger partial charge >= 0.3 is 0 Å². The van der Waals surface area contributed by atoms with Crippen LogP contribution >= 0.6 is 0 Å². The first kappa shape index (κ1) is 16.5. The number of rotatable bonds is 6. The number of nitrogens with two attached hydrogens (primary N) is 1. The maximum absolute atomic E-state index is 11.7. The van der Waals surface area contributed by atoms with E-state index in [1.165, 1.54) is 5.56 Å². The number of hydrogen-bond acceptors (Lipinski definition) is 3. The highest BCUT2D eigenvalue weighted by molar-refractivity contribution is 5.80. The third-order valence-electron chi connectivity index (χ3n) is 3.79. The van der Waals surface area contributed by atoms with E-state index in [9.17, 15) is 4.79 Å². The summed E-state index contributed by atoms with van der Waals surface area (Å²) in [5.74, 6) is 5.61. The van der Waals surface area contributed by atoms with Crippen molar-refractivity contribution in [1.82, 2.24) is 5.43 Å². The Bertz CT molecular complexity index is 438. The van der Waals surface area contributed by atoms with Crippen molar-refractivity contribution in [1.29, 1.82) is 0 Å². The van der Waals surface area contributed by atoms with Gasteiger partial charge in [0.15, 0.2) is 6.10 Å². The first-order valence-electron chi connectivity index (χ1n) is 7.09. The Labute approximate surface area is 121 Å². The van der Waals surface area contributed by atoms with Crippen LogP contribution in [-0.2, 0) is 10.2 Å². The maximum atomic E-state index is 11.7. The molecule has 0 aliphatic rings. The lowest BCUT2D eigenvalue weighted by Gasteiger charge is -2.24. The number of ether oxygens (including phenoxy) is 1. The number of amides is 1. The fraction of sp³-hybridized carbons (Fsp3) is 0.562. The van der Waals surface area contributed by atoms with E-state index in [2.05, 4.69) is 38.3 Å². The highest BCUT2D eigenvalue weighted by atomic mass is 16.5. The van der Waals surface area contributed by atoms with Crippen molar-refractivity contribution in [3.05, 3.63) is 29.8 Å². The molecule has 4 heteroatoms. The molecule has 0 fully saturated rings. The Morgan fingerprint density at radius 3 is 2.25 bits per heavy atom. The molecule has 1 aromatic rings. The van der Waals surface area contributed by atoms with Gasteiger partial charge in [-0.3, -0.25) is 10.2 Å². The van der Waals surface area contributed by atoms with E-state index in [0.717, 1.165) is 6.42 Å². The second-order valence-corrected chi connectivity index (χ2v) is 6.05. The van der Waals surface area contributed by atoms with Crippen molar-refractivity contribution in [2.45, 2.75) is 52.6 Å². The highest BCUT2D eigenvalue weighted by Crippen LogP contribution is 2.28. The van der Waals surface area contributed by atoms with Gasteiger partial charge in [0.2, 0.25) is 0 Å². The van der Waals surface area contributed by atoms with Crippen molar-refractivity contribution < 1.29 is 9.53 Å². The van der Waals surface area contributed by atoms with Crippen LogP contribution in [0.4, 0.5) is 0 Å². The van der Waals surface area contributed by atoms with Crippen molar-refractivity contribution in [2.24, 2.45) is 11.8 Å². The quantitative estimate of drug-likeness (QED) is 0.478. The SMILES string of the molecule is CCC(C)(C)c1ccc(OC(C(=O)NN)C(C)C)cc1. The Morgan fingerprint density at radius 2 is 1.85 bits per heavy atom. The molecule has 0 spiro atoms. The molecule has 0 aliphatic carbocycles. The molecular weight excluding hydrogens is 252 g/mol. The zero-order valence-electron chi connectivity index (χ0n) is 13.1. The molecule has 1 rings (SSSR count). The fourth-order valence-corrected chi connectivity index (χ4v) is 1.91. The minimum atomic E-state index is -0.579. The first-order valence-corrected chi connectivity index (χ1v) is 7.09. The van der Waals surface area contributed by atoms with Gasteiger partial charge in [0.1, 0.15) is 5.75 Å². The Hall–Kier alpha value is -1.55. The van der Waals surface area contributed by atoms with Crippen LogP contribution < -0.4 is 16.0 Å². The lowest BCUT2D eigenvalue weighted by Crippen LogP contribution is -2.44. The van der Waals surface area contributed by atoms with Gasteiger partial charge in [-0.25, -0.2) is 5.84 Å². The normalized spacial score (nSPS) is 13.2. The third kappa shape index (κ3) is 3.97. The zero-order chi connectivity index (χ0) is 15.3. The van der Waals surface area contributed by atoms with Crippen molar-refractivity contribution in [3.8, 4) is 5.75 Å². The van der Waals surface area contributed by atoms with Crippen molar-refractivity contribution >= 4 is 5.91 Å². The second-order valence-electron chi connectivity index (χ2n) is 6.05. The minimum absolute atomic E-state index is 0.0466. The predicted molar refractivity (Wildman–Crippen MR) is 81.3 cm³/mol. The van der Waals surface area contributed by atoms with E-state index in [0.29, 0.717) is 5.75 Å². The Morgan fingerprint density at radius 1 is 1.30 bits per heavy atom. The van der Waals surface area contributed by atoms with Crippen molar-refractivity contribution in [3.63, 3.8) is 0 Å². The van der Waals surface area contributed by atoms with Gasteiger partial charge in [0.25, 0.3) is 5.91 Å². The summed E-state index contributed by atoms with van der Waals surface area (Å²) >= 11 is 0. The molecule has 3 N–H and O–H groups in total. The molecule has 0 saturated carbocycles. The van der Waals surface area contributed by atoms with Crippen LogP contribution in [0.15, 0.2) is 24.3 Å². The summed E-state index contributed by atoms with van der Waals surface area (Å²) in [6.45, 7) is 10.4. The van der Waals surface area contributed by atoms with Crippen LogP contribution in [0.2, 0.25) is 0 Å². The van der Waals surface area contributed by atoms with E-state index in [1.54, 1.807) is 0 Å². The van der Waals surface area contributed by atoms with Gasteiger partial charge in [0.05, 0.1) is 0 Å². The molecule has 0 bridgehead atoms. The van der Waals surface area contributed by atoms with E-state index in [4.69, 9.17) is 10.6 Å². The summed E-state index contributed by atoms with van der Waals surface area (Å²) in [4.78, 5) is 11.7. The molecule has 0 aliphatic heterocycles.